The van der Waals surface area contributed by atoms with Gasteiger partial charge in [-0.25, -0.2) is 13.2 Å². The summed E-state index contributed by atoms with van der Waals surface area (Å²) >= 11 is 0. The molecule has 8 heteroatoms. The van der Waals surface area contributed by atoms with E-state index >= 15 is 0 Å². The molecule has 1 aliphatic rings. The van der Waals surface area contributed by atoms with E-state index < -0.39 is 21.4 Å². The number of H-pyrrole nitrogens is 1. The van der Waals surface area contributed by atoms with Gasteiger partial charge < -0.3 is 14.7 Å². The lowest BCUT2D eigenvalue weighted by Gasteiger charge is -2.21. The van der Waals surface area contributed by atoms with Crippen LogP contribution in [0.5, 0.6) is 0 Å². The van der Waals surface area contributed by atoms with Gasteiger partial charge in [0.25, 0.3) is 5.56 Å². The second-order valence-electron chi connectivity index (χ2n) is 8.46. The minimum atomic E-state index is -4.00. The molecule has 2 heterocycles. The number of aryl methyl sites for hydroxylation is 3. The van der Waals surface area contributed by atoms with Crippen LogP contribution >= 0.6 is 0 Å². The summed E-state index contributed by atoms with van der Waals surface area (Å²) in [5, 5.41) is 9.85. The lowest BCUT2D eigenvalue weighted by atomic mass is 9.94. The van der Waals surface area contributed by atoms with Crippen molar-refractivity contribution in [1.29, 1.82) is 0 Å². The first-order valence-corrected chi connectivity index (χ1v) is 12.3. The Labute approximate surface area is 196 Å². The first kappa shape index (κ1) is 21.9. The third kappa shape index (κ3) is 3.66. The van der Waals surface area contributed by atoms with E-state index in [-0.39, 0.29) is 15.5 Å². The van der Waals surface area contributed by atoms with E-state index in [1.165, 1.54) is 18.2 Å². The highest BCUT2D eigenvalue weighted by atomic mass is 32.2. The van der Waals surface area contributed by atoms with E-state index in [0.29, 0.717) is 36.3 Å². The van der Waals surface area contributed by atoms with Crippen molar-refractivity contribution in [3.63, 3.8) is 0 Å². The van der Waals surface area contributed by atoms with Gasteiger partial charge in [0.05, 0.1) is 16.3 Å². The Morgan fingerprint density at radius 1 is 1.00 bits per heavy atom. The van der Waals surface area contributed by atoms with Gasteiger partial charge in [0.2, 0.25) is 9.84 Å². The number of aromatic amines is 1. The van der Waals surface area contributed by atoms with E-state index in [1.54, 1.807) is 28.8 Å². The van der Waals surface area contributed by atoms with E-state index in [9.17, 15) is 23.1 Å². The monoisotopic (exact) mass is 474 g/mol. The number of nitrogens with one attached hydrogen (secondary N) is 1. The van der Waals surface area contributed by atoms with E-state index in [2.05, 4.69) is 4.98 Å². The van der Waals surface area contributed by atoms with Crippen LogP contribution < -0.4 is 5.56 Å². The topological polar surface area (TPSA) is 109 Å². The van der Waals surface area contributed by atoms with Crippen LogP contribution in [0.3, 0.4) is 0 Å². The Morgan fingerprint density at radius 2 is 1.74 bits per heavy atom. The minimum Gasteiger partial charge on any atom is -0.477 e. The summed E-state index contributed by atoms with van der Waals surface area (Å²) < 4.78 is 27.9. The van der Waals surface area contributed by atoms with Crippen LogP contribution in [-0.2, 0) is 29.2 Å². The molecular formula is C26H22N2O5S. The molecule has 0 spiro atoms. The van der Waals surface area contributed by atoms with Crippen LogP contribution in [0.2, 0.25) is 0 Å². The molecule has 0 radical (unpaired) electrons. The van der Waals surface area contributed by atoms with Crippen molar-refractivity contribution in [3.8, 4) is 11.4 Å². The zero-order valence-electron chi connectivity index (χ0n) is 18.4. The molecule has 0 aliphatic heterocycles. The van der Waals surface area contributed by atoms with E-state index in [1.807, 2.05) is 31.2 Å². The summed E-state index contributed by atoms with van der Waals surface area (Å²) in [6.45, 7) is 2.28. The molecule has 2 aromatic heterocycles. The fourth-order valence-corrected chi connectivity index (χ4v) is 5.94. The summed E-state index contributed by atoms with van der Waals surface area (Å²) in [4.78, 5) is 27.6. The van der Waals surface area contributed by atoms with Gasteiger partial charge >= 0.3 is 5.97 Å². The maximum absolute atomic E-state index is 13.1. The van der Waals surface area contributed by atoms with Crippen molar-refractivity contribution in [2.24, 2.45) is 0 Å². The van der Waals surface area contributed by atoms with Crippen LogP contribution in [0.15, 0.2) is 81.3 Å². The van der Waals surface area contributed by atoms with Gasteiger partial charge in [0, 0.05) is 6.54 Å². The molecule has 0 amide bonds. The predicted octanol–water partition coefficient (Wildman–Crippen LogP) is 3.83. The molecule has 0 saturated heterocycles. The van der Waals surface area contributed by atoms with Crippen LogP contribution in [-0.4, -0.2) is 29.0 Å². The Hall–Kier alpha value is -3.91. The Bertz CT molecular complexity index is 1600. The SMILES string of the molecule is Cc1cccc(Cn2c(C(=O)O)cc3c2-c2[nH]c(=O)c(S(=O)(=O)c4ccccc4)cc2CC3)c1. The maximum atomic E-state index is 13.1. The average molecular weight is 475 g/mol. The molecule has 0 bridgehead atoms. The molecule has 0 unspecified atom stereocenters. The highest BCUT2D eigenvalue weighted by Gasteiger charge is 2.29. The fraction of sp³-hybridized carbons (Fsp3) is 0.154. The smallest absolute Gasteiger partial charge is 0.352 e. The van der Waals surface area contributed by atoms with Crippen molar-refractivity contribution in [2.75, 3.05) is 0 Å². The molecule has 0 atom stereocenters. The van der Waals surface area contributed by atoms with Crippen molar-refractivity contribution >= 4 is 15.8 Å². The van der Waals surface area contributed by atoms with Crippen molar-refractivity contribution in [3.05, 3.63) is 105 Å². The molecule has 2 aromatic carbocycles. The quantitative estimate of drug-likeness (QED) is 0.457. The summed E-state index contributed by atoms with van der Waals surface area (Å²) in [5.74, 6) is -1.06. The van der Waals surface area contributed by atoms with Crippen LogP contribution in [0.1, 0.15) is 32.7 Å². The summed E-state index contributed by atoms with van der Waals surface area (Å²) in [6.07, 6.45) is 1.03. The number of pyridine rings is 1. The molecule has 7 nitrogen and oxygen atoms in total. The largest absolute Gasteiger partial charge is 0.477 e. The molecule has 4 aromatic rings. The van der Waals surface area contributed by atoms with Crippen molar-refractivity contribution < 1.29 is 18.3 Å². The molecule has 0 fully saturated rings. The van der Waals surface area contributed by atoms with E-state index in [0.717, 1.165) is 16.7 Å². The second-order valence-corrected chi connectivity index (χ2v) is 10.4. The number of aromatic nitrogens is 2. The molecule has 34 heavy (non-hydrogen) atoms. The lowest BCUT2D eigenvalue weighted by Crippen LogP contribution is -2.22. The first-order chi connectivity index (χ1) is 16.3. The Kier molecular flexibility index (Phi) is 5.25. The number of fused-ring (bicyclic) bond motifs is 3. The molecule has 1 aliphatic carbocycles. The van der Waals surface area contributed by atoms with Crippen molar-refractivity contribution in [1.82, 2.24) is 9.55 Å². The lowest BCUT2D eigenvalue weighted by molar-refractivity contribution is 0.0686. The molecular weight excluding hydrogens is 452 g/mol. The highest BCUT2D eigenvalue weighted by Crippen LogP contribution is 2.36. The fourth-order valence-electron chi connectivity index (χ4n) is 4.58. The number of hydrogen-bond donors (Lipinski definition) is 2. The highest BCUT2D eigenvalue weighted by molar-refractivity contribution is 7.91. The molecule has 5 rings (SSSR count). The van der Waals surface area contributed by atoms with Crippen LogP contribution in [0.25, 0.3) is 11.4 Å². The number of benzene rings is 2. The number of nitrogens with zero attached hydrogens (tertiary/aromatic N) is 1. The van der Waals surface area contributed by atoms with Gasteiger partial charge in [-0.05, 0) is 60.7 Å². The van der Waals surface area contributed by atoms with Gasteiger partial charge in [0.1, 0.15) is 10.6 Å². The molecule has 172 valence electrons. The minimum absolute atomic E-state index is 0.0490. The second kappa shape index (κ2) is 8.14. The maximum Gasteiger partial charge on any atom is 0.352 e. The zero-order chi connectivity index (χ0) is 24.0. The van der Waals surface area contributed by atoms with Crippen molar-refractivity contribution in [2.45, 2.75) is 36.1 Å². The number of carbonyl (C=O) groups is 1. The van der Waals surface area contributed by atoms with E-state index in [4.69, 9.17) is 0 Å². The van der Waals surface area contributed by atoms with Gasteiger partial charge in [-0.2, -0.15) is 0 Å². The predicted molar refractivity (Wildman–Crippen MR) is 127 cm³/mol. The third-order valence-corrected chi connectivity index (χ3v) is 7.93. The number of rotatable bonds is 5. The zero-order valence-corrected chi connectivity index (χ0v) is 19.2. The van der Waals surface area contributed by atoms with Gasteiger partial charge in [-0.1, -0.05) is 48.0 Å². The number of carboxylic acid groups (broad SMARTS) is 1. The normalized spacial score (nSPS) is 12.7. The Balaban J connectivity index is 1.68. The summed E-state index contributed by atoms with van der Waals surface area (Å²) in [7, 11) is -4.00. The van der Waals surface area contributed by atoms with Gasteiger partial charge in [0.15, 0.2) is 0 Å². The average Bonchev–Trinajstić information content (AvgIpc) is 3.18. The van der Waals surface area contributed by atoms with Gasteiger partial charge in [-0.15, -0.1) is 0 Å². The first-order valence-electron chi connectivity index (χ1n) is 10.8. The number of sulfone groups is 1. The van der Waals surface area contributed by atoms with Gasteiger partial charge in [-0.3, -0.25) is 4.79 Å². The standard InChI is InChI=1S/C26H22N2O5S/c1-16-6-5-7-17(12-16)15-28-21(26(30)31)13-19-11-10-18-14-22(25(29)27-23(18)24(19)28)34(32,33)20-8-3-2-4-9-20/h2-9,12-14H,10-11,15H2,1H3,(H,27,29)(H,30,31). The number of hydrogen-bond acceptors (Lipinski definition) is 4. The summed E-state index contributed by atoms with van der Waals surface area (Å²) in [5.41, 5.74) is 3.95. The Morgan fingerprint density at radius 3 is 2.44 bits per heavy atom. The molecule has 2 N–H and O–H groups in total. The number of carboxylic acids is 1. The molecule has 0 saturated carbocycles. The summed E-state index contributed by atoms with van der Waals surface area (Å²) in [6, 6.07) is 18.7. The number of aromatic carboxylic acids is 1. The van der Waals surface area contributed by atoms with Crippen LogP contribution in [0, 0.1) is 6.92 Å². The third-order valence-electron chi connectivity index (χ3n) is 6.15. The van der Waals surface area contributed by atoms with Crippen LogP contribution in [0.4, 0.5) is 0 Å².